The van der Waals surface area contributed by atoms with E-state index in [1.165, 1.54) is 25.1 Å². The normalized spacial score (nSPS) is 10.6. The summed E-state index contributed by atoms with van der Waals surface area (Å²) in [7, 11) is 0. The molecule has 0 aliphatic rings. The van der Waals surface area contributed by atoms with E-state index in [2.05, 4.69) is 10.6 Å². The molecule has 2 aromatic carbocycles. The van der Waals surface area contributed by atoms with Crippen molar-refractivity contribution in [2.45, 2.75) is 6.92 Å². The first kappa shape index (κ1) is 16.8. The van der Waals surface area contributed by atoms with E-state index in [0.717, 1.165) is 0 Å². The Bertz CT molecular complexity index is 833. The molecule has 0 heterocycles. The average molecular weight is 321 g/mol. The number of benzene rings is 2. The molecule has 24 heavy (non-hydrogen) atoms. The van der Waals surface area contributed by atoms with Gasteiger partial charge in [-0.05, 0) is 48.0 Å². The number of nitrogens with one attached hydrogen (secondary N) is 2. The first-order valence-corrected chi connectivity index (χ1v) is 7.08. The number of rotatable bonds is 4. The molecule has 120 valence electrons. The zero-order chi connectivity index (χ0) is 17.5. The first-order valence-electron chi connectivity index (χ1n) is 7.08. The molecule has 6 nitrogen and oxygen atoms in total. The van der Waals surface area contributed by atoms with Gasteiger partial charge >= 0.3 is 0 Å². The van der Waals surface area contributed by atoms with E-state index >= 15 is 0 Å². The first-order chi connectivity index (χ1) is 11.5. The van der Waals surface area contributed by atoms with Crippen molar-refractivity contribution in [2.75, 3.05) is 10.6 Å². The molecular weight excluding hydrogens is 306 g/mol. The second-order valence-electron chi connectivity index (χ2n) is 4.98. The Morgan fingerprint density at radius 2 is 1.71 bits per heavy atom. The van der Waals surface area contributed by atoms with Crippen LogP contribution in [0.4, 0.5) is 11.4 Å². The van der Waals surface area contributed by atoms with Crippen molar-refractivity contribution in [3.8, 4) is 11.8 Å². The summed E-state index contributed by atoms with van der Waals surface area (Å²) in [6.45, 7) is 1.40. The molecule has 0 aliphatic carbocycles. The molecule has 6 heteroatoms. The number of aromatic hydroxyl groups is 1. The molecule has 0 aliphatic heterocycles. The smallest absolute Gasteiger partial charge is 0.266 e. The lowest BCUT2D eigenvalue weighted by molar-refractivity contribution is -0.114. The number of anilines is 2. The number of hydrogen-bond donors (Lipinski definition) is 3. The molecule has 0 fully saturated rings. The highest BCUT2D eigenvalue weighted by Gasteiger charge is 2.09. The highest BCUT2D eigenvalue weighted by molar-refractivity contribution is 6.09. The van der Waals surface area contributed by atoms with Crippen molar-refractivity contribution in [2.24, 2.45) is 0 Å². The van der Waals surface area contributed by atoms with Gasteiger partial charge in [0, 0.05) is 18.3 Å². The van der Waals surface area contributed by atoms with Gasteiger partial charge in [-0.25, -0.2) is 0 Å². The van der Waals surface area contributed by atoms with Crippen LogP contribution in [0.3, 0.4) is 0 Å². The number of carbonyl (C=O) groups is 2. The Labute approximate surface area is 139 Å². The Hall–Kier alpha value is -3.59. The Morgan fingerprint density at radius 3 is 2.25 bits per heavy atom. The lowest BCUT2D eigenvalue weighted by Crippen LogP contribution is -2.13. The molecule has 0 radical (unpaired) electrons. The van der Waals surface area contributed by atoms with Crippen molar-refractivity contribution in [1.29, 1.82) is 5.26 Å². The van der Waals surface area contributed by atoms with Crippen molar-refractivity contribution < 1.29 is 14.7 Å². The fourth-order valence-electron chi connectivity index (χ4n) is 1.97. The summed E-state index contributed by atoms with van der Waals surface area (Å²) in [5, 5.41) is 23.8. The quantitative estimate of drug-likeness (QED) is 0.595. The SMILES string of the molecule is CC(=O)Nc1ccc(NC(=O)/C(C#N)=C/c2cccc(O)c2)cc1. The monoisotopic (exact) mass is 321 g/mol. The zero-order valence-electron chi connectivity index (χ0n) is 12.9. The number of phenolic OH excluding ortho intramolecular Hbond substituents is 1. The van der Waals surface area contributed by atoms with Crippen LogP contribution in [-0.2, 0) is 9.59 Å². The number of hydrogen-bond acceptors (Lipinski definition) is 4. The highest BCUT2D eigenvalue weighted by Crippen LogP contribution is 2.17. The standard InChI is InChI=1S/C18H15N3O3/c1-12(22)20-15-5-7-16(8-6-15)21-18(24)14(11-19)9-13-3-2-4-17(23)10-13/h2-10,23H,1H3,(H,20,22)(H,21,24)/b14-9+. The minimum atomic E-state index is -0.562. The van der Waals surface area contributed by atoms with E-state index in [0.29, 0.717) is 16.9 Å². The molecule has 0 unspecified atom stereocenters. The Kier molecular flexibility index (Phi) is 5.32. The van der Waals surface area contributed by atoms with Gasteiger partial charge in [-0.3, -0.25) is 9.59 Å². The van der Waals surface area contributed by atoms with Crippen LogP contribution in [0.25, 0.3) is 6.08 Å². The van der Waals surface area contributed by atoms with Crippen LogP contribution in [-0.4, -0.2) is 16.9 Å². The molecular formula is C18H15N3O3. The summed E-state index contributed by atoms with van der Waals surface area (Å²) in [6.07, 6.45) is 1.39. The number of nitriles is 1. The molecule has 0 saturated carbocycles. The van der Waals surface area contributed by atoms with Gasteiger partial charge in [-0.15, -0.1) is 0 Å². The maximum atomic E-state index is 12.2. The van der Waals surface area contributed by atoms with Gasteiger partial charge < -0.3 is 15.7 Å². The van der Waals surface area contributed by atoms with Gasteiger partial charge in [-0.1, -0.05) is 12.1 Å². The molecule has 0 saturated heterocycles. The van der Waals surface area contributed by atoms with Crippen LogP contribution < -0.4 is 10.6 Å². The second kappa shape index (κ2) is 7.61. The summed E-state index contributed by atoms with van der Waals surface area (Å²) in [6, 6.07) is 14.6. The third-order valence-electron chi connectivity index (χ3n) is 3.01. The van der Waals surface area contributed by atoms with Gasteiger partial charge in [0.25, 0.3) is 5.91 Å². The van der Waals surface area contributed by atoms with Crippen LogP contribution in [0.2, 0.25) is 0 Å². The van der Waals surface area contributed by atoms with E-state index < -0.39 is 5.91 Å². The molecule has 2 amide bonds. The molecule has 0 atom stereocenters. The molecule has 0 bridgehead atoms. The largest absolute Gasteiger partial charge is 0.508 e. The lowest BCUT2D eigenvalue weighted by Gasteiger charge is -2.06. The number of carbonyl (C=O) groups excluding carboxylic acids is 2. The van der Waals surface area contributed by atoms with Gasteiger partial charge in [-0.2, -0.15) is 5.26 Å². The Balaban J connectivity index is 2.12. The maximum Gasteiger partial charge on any atom is 0.266 e. The van der Waals surface area contributed by atoms with Crippen LogP contribution in [0, 0.1) is 11.3 Å². The molecule has 3 N–H and O–H groups in total. The average Bonchev–Trinajstić information content (AvgIpc) is 2.54. The molecule has 2 rings (SSSR count). The van der Waals surface area contributed by atoms with Crippen molar-refractivity contribution in [1.82, 2.24) is 0 Å². The molecule has 2 aromatic rings. The summed E-state index contributed by atoms with van der Waals surface area (Å²) in [5.74, 6) is -0.698. The summed E-state index contributed by atoms with van der Waals surface area (Å²) in [5.41, 5.74) is 1.55. The third-order valence-corrected chi connectivity index (χ3v) is 3.01. The third kappa shape index (κ3) is 4.71. The summed E-state index contributed by atoms with van der Waals surface area (Å²) < 4.78 is 0. The predicted octanol–water partition coefficient (Wildman–Crippen LogP) is 2.90. The van der Waals surface area contributed by atoms with Gasteiger partial charge in [0.15, 0.2) is 0 Å². The fraction of sp³-hybridized carbons (Fsp3) is 0.0556. The van der Waals surface area contributed by atoms with Gasteiger partial charge in [0.05, 0.1) is 0 Å². The minimum absolute atomic E-state index is 0.0509. The van der Waals surface area contributed by atoms with Crippen molar-refractivity contribution in [3.05, 3.63) is 59.7 Å². The van der Waals surface area contributed by atoms with Gasteiger partial charge in [0.1, 0.15) is 17.4 Å². The van der Waals surface area contributed by atoms with Crippen molar-refractivity contribution >= 4 is 29.3 Å². The highest BCUT2D eigenvalue weighted by atomic mass is 16.3. The topological polar surface area (TPSA) is 102 Å². The van der Waals surface area contributed by atoms with E-state index in [-0.39, 0.29) is 17.2 Å². The zero-order valence-corrected chi connectivity index (χ0v) is 12.9. The predicted molar refractivity (Wildman–Crippen MR) is 91.1 cm³/mol. The van der Waals surface area contributed by atoms with Crippen molar-refractivity contribution in [3.63, 3.8) is 0 Å². The fourth-order valence-corrected chi connectivity index (χ4v) is 1.97. The number of phenols is 1. The summed E-state index contributed by atoms with van der Waals surface area (Å²) in [4.78, 5) is 23.1. The summed E-state index contributed by atoms with van der Waals surface area (Å²) >= 11 is 0. The maximum absolute atomic E-state index is 12.2. The van der Waals surface area contributed by atoms with E-state index in [4.69, 9.17) is 5.26 Å². The van der Waals surface area contributed by atoms with Crippen LogP contribution in [0.5, 0.6) is 5.75 Å². The van der Waals surface area contributed by atoms with Gasteiger partial charge in [0.2, 0.25) is 5.91 Å². The lowest BCUT2D eigenvalue weighted by atomic mass is 10.1. The van der Waals surface area contributed by atoms with E-state index in [9.17, 15) is 14.7 Å². The second-order valence-corrected chi connectivity index (χ2v) is 4.98. The van der Waals surface area contributed by atoms with Crippen LogP contribution in [0.15, 0.2) is 54.1 Å². The minimum Gasteiger partial charge on any atom is -0.508 e. The number of nitrogens with zero attached hydrogens (tertiary/aromatic N) is 1. The molecule has 0 aromatic heterocycles. The number of amides is 2. The van der Waals surface area contributed by atoms with E-state index in [1.807, 2.05) is 6.07 Å². The Morgan fingerprint density at radius 1 is 1.08 bits per heavy atom. The van der Waals surface area contributed by atoms with E-state index in [1.54, 1.807) is 36.4 Å². The van der Waals surface area contributed by atoms with Crippen LogP contribution in [0.1, 0.15) is 12.5 Å². The van der Waals surface area contributed by atoms with Crippen LogP contribution >= 0.6 is 0 Å². The molecule has 0 spiro atoms.